The van der Waals surface area contributed by atoms with Gasteiger partial charge >= 0.3 is 5.63 Å². The van der Waals surface area contributed by atoms with Crippen molar-refractivity contribution in [2.75, 3.05) is 13.7 Å². The highest BCUT2D eigenvalue weighted by Crippen LogP contribution is 2.24. The lowest BCUT2D eigenvalue weighted by molar-refractivity contribution is 0.0897. The van der Waals surface area contributed by atoms with Crippen LogP contribution in [0, 0.1) is 6.92 Å². The van der Waals surface area contributed by atoms with E-state index in [1.807, 2.05) is 0 Å². The molecule has 0 aliphatic heterocycles. The second kappa shape index (κ2) is 6.82. The van der Waals surface area contributed by atoms with Crippen molar-refractivity contribution in [3.63, 3.8) is 0 Å². The van der Waals surface area contributed by atoms with Crippen molar-refractivity contribution in [1.82, 2.24) is 5.32 Å². The predicted octanol–water partition coefficient (Wildman–Crippen LogP) is 2.17. The Morgan fingerprint density at radius 2 is 2.08 bits per heavy atom. The molecule has 0 radical (unpaired) electrons. The van der Waals surface area contributed by atoms with E-state index in [0.29, 0.717) is 22.7 Å². The number of rotatable bonds is 5. The Bertz CT molecular complexity index is 971. The minimum Gasteiger partial charge on any atom is -0.493 e. The van der Waals surface area contributed by atoms with Gasteiger partial charge in [-0.25, -0.2) is 4.79 Å². The van der Waals surface area contributed by atoms with Crippen LogP contribution in [0.2, 0.25) is 0 Å². The summed E-state index contributed by atoms with van der Waals surface area (Å²) in [5.74, 6) is 0.767. The molecule has 0 unspecified atom stereocenters. The van der Waals surface area contributed by atoms with Gasteiger partial charge in [-0.2, -0.15) is 0 Å². The van der Waals surface area contributed by atoms with Crippen molar-refractivity contribution >= 4 is 16.9 Å². The molecule has 1 amide bonds. The molecule has 25 heavy (non-hydrogen) atoms. The number of carbonyl (C=O) groups is 1. The van der Waals surface area contributed by atoms with E-state index in [0.717, 1.165) is 0 Å². The molecule has 0 saturated carbocycles. The van der Waals surface area contributed by atoms with Crippen LogP contribution in [-0.2, 0) is 0 Å². The number of hydrogen-bond acceptors (Lipinski definition) is 6. The summed E-state index contributed by atoms with van der Waals surface area (Å²) in [4.78, 5) is 24.4. The van der Waals surface area contributed by atoms with Gasteiger partial charge in [0.2, 0.25) is 0 Å². The summed E-state index contributed by atoms with van der Waals surface area (Å²) in [7, 11) is 1.47. The third-order valence-corrected chi connectivity index (χ3v) is 3.73. The summed E-state index contributed by atoms with van der Waals surface area (Å²) in [6.07, 6.45) is -1.01. The second-order valence-corrected chi connectivity index (χ2v) is 5.50. The van der Waals surface area contributed by atoms with Gasteiger partial charge in [0.25, 0.3) is 5.91 Å². The molecule has 1 aromatic carbocycles. The maximum absolute atomic E-state index is 12.3. The number of furan rings is 1. The van der Waals surface area contributed by atoms with E-state index < -0.39 is 17.6 Å². The van der Waals surface area contributed by atoms with Gasteiger partial charge in [0.15, 0.2) is 11.3 Å². The van der Waals surface area contributed by atoms with Crippen LogP contribution in [-0.4, -0.2) is 24.7 Å². The molecule has 7 nitrogen and oxygen atoms in total. The molecule has 0 fully saturated rings. The molecule has 0 bridgehead atoms. The van der Waals surface area contributed by atoms with E-state index in [1.54, 1.807) is 37.3 Å². The Labute approximate surface area is 142 Å². The molecule has 0 aliphatic carbocycles. The summed E-state index contributed by atoms with van der Waals surface area (Å²) in [5.41, 5.74) is -0.654. The van der Waals surface area contributed by atoms with Crippen LogP contribution in [0.15, 0.2) is 50.0 Å². The number of nitrogens with one attached hydrogen (secondary N) is 1. The highest BCUT2D eigenvalue weighted by Gasteiger charge is 2.18. The lowest BCUT2D eigenvalue weighted by Gasteiger charge is -2.10. The Morgan fingerprint density at radius 3 is 2.76 bits per heavy atom. The lowest BCUT2D eigenvalue weighted by atomic mass is 10.1. The van der Waals surface area contributed by atoms with E-state index in [1.165, 1.54) is 13.2 Å². The summed E-state index contributed by atoms with van der Waals surface area (Å²) >= 11 is 0. The Morgan fingerprint density at radius 1 is 1.28 bits per heavy atom. The molecule has 2 heterocycles. The topological polar surface area (TPSA) is 102 Å². The number of methoxy groups -OCH3 is 1. The van der Waals surface area contributed by atoms with Crippen LogP contribution >= 0.6 is 0 Å². The molecular formula is C18H17NO6. The largest absolute Gasteiger partial charge is 0.493 e. The highest BCUT2D eigenvalue weighted by molar-refractivity contribution is 5.97. The summed E-state index contributed by atoms with van der Waals surface area (Å²) in [6.45, 7) is 1.66. The molecular weight excluding hydrogens is 326 g/mol. The maximum atomic E-state index is 12.3. The Balaban J connectivity index is 1.80. The van der Waals surface area contributed by atoms with Crippen LogP contribution < -0.4 is 15.7 Å². The van der Waals surface area contributed by atoms with Crippen molar-refractivity contribution in [1.29, 1.82) is 0 Å². The first kappa shape index (κ1) is 16.8. The SMILES string of the molecule is COc1cccc2cc(C(=O)NC[C@@H](O)c3ccc(C)o3)c(=O)oc12. The van der Waals surface area contributed by atoms with Gasteiger partial charge in [-0.05, 0) is 31.2 Å². The Kier molecular flexibility index (Phi) is 4.58. The van der Waals surface area contributed by atoms with E-state index in [9.17, 15) is 14.7 Å². The first-order chi connectivity index (χ1) is 12.0. The number of aliphatic hydroxyl groups is 1. The summed E-state index contributed by atoms with van der Waals surface area (Å²) in [5, 5.41) is 13.1. The fourth-order valence-electron chi connectivity index (χ4n) is 2.45. The molecule has 0 aliphatic rings. The minimum atomic E-state index is -1.01. The number of fused-ring (bicyclic) bond motifs is 1. The average molecular weight is 343 g/mol. The number of aliphatic hydroxyl groups excluding tert-OH is 1. The number of para-hydroxylation sites is 1. The fourth-order valence-corrected chi connectivity index (χ4v) is 2.45. The van der Waals surface area contributed by atoms with Crippen molar-refractivity contribution in [2.24, 2.45) is 0 Å². The van der Waals surface area contributed by atoms with Gasteiger partial charge in [-0.3, -0.25) is 4.79 Å². The lowest BCUT2D eigenvalue weighted by Crippen LogP contribution is -2.31. The van der Waals surface area contributed by atoms with Crippen molar-refractivity contribution in [2.45, 2.75) is 13.0 Å². The molecule has 0 saturated heterocycles. The third-order valence-electron chi connectivity index (χ3n) is 3.73. The predicted molar refractivity (Wildman–Crippen MR) is 89.8 cm³/mol. The van der Waals surface area contributed by atoms with E-state index >= 15 is 0 Å². The number of hydrogen-bond donors (Lipinski definition) is 2. The van der Waals surface area contributed by atoms with Crippen molar-refractivity contribution < 1.29 is 23.5 Å². The number of aryl methyl sites for hydroxylation is 1. The average Bonchev–Trinajstić information content (AvgIpc) is 3.04. The smallest absolute Gasteiger partial charge is 0.349 e. The zero-order valence-electron chi connectivity index (χ0n) is 13.7. The van der Waals surface area contributed by atoms with Crippen LogP contribution in [0.5, 0.6) is 5.75 Å². The zero-order chi connectivity index (χ0) is 18.0. The van der Waals surface area contributed by atoms with Crippen LogP contribution in [0.1, 0.15) is 28.0 Å². The minimum absolute atomic E-state index is 0.0959. The van der Waals surface area contributed by atoms with Gasteiger partial charge < -0.3 is 24.0 Å². The van der Waals surface area contributed by atoms with Gasteiger partial charge in [0.05, 0.1) is 13.7 Å². The quantitative estimate of drug-likeness (QED) is 0.688. The summed E-state index contributed by atoms with van der Waals surface area (Å²) in [6, 6.07) is 9.87. The molecule has 130 valence electrons. The number of ether oxygens (including phenoxy) is 1. The monoisotopic (exact) mass is 343 g/mol. The molecule has 0 spiro atoms. The molecule has 3 aromatic rings. The van der Waals surface area contributed by atoms with E-state index in [4.69, 9.17) is 13.6 Å². The first-order valence-electron chi connectivity index (χ1n) is 7.63. The van der Waals surface area contributed by atoms with Crippen molar-refractivity contribution in [3.05, 3.63) is 63.9 Å². The summed E-state index contributed by atoms with van der Waals surface area (Å²) < 4.78 is 15.6. The molecule has 7 heteroatoms. The molecule has 1 atom stereocenters. The molecule has 2 aromatic heterocycles. The van der Waals surface area contributed by atoms with Crippen molar-refractivity contribution in [3.8, 4) is 5.75 Å². The normalized spacial score (nSPS) is 12.1. The van der Waals surface area contributed by atoms with Gasteiger partial charge in [0.1, 0.15) is 23.2 Å². The van der Waals surface area contributed by atoms with Gasteiger partial charge in [-0.1, -0.05) is 12.1 Å². The number of carbonyl (C=O) groups excluding carboxylic acids is 1. The molecule has 2 N–H and O–H groups in total. The van der Waals surface area contributed by atoms with Crippen LogP contribution in [0.25, 0.3) is 11.0 Å². The number of benzene rings is 1. The zero-order valence-corrected chi connectivity index (χ0v) is 13.7. The Hall–Kier alpha value is -3.06. The third kappa shape index (κ3) is 3.41. The van der Waals surface area contributed by atoms with Crippen LogP contribution in [0.3, 0.4) is 0 Å². The maximum Gasteiger partial charge on any atom is 0.349 e. The molecule has 3 rings (SSSR count). The fraction of sp³-hybridized carbons (Fsp3) is 0.222. The first-order valence-corrected chi connectivity index (χ1v) is 7.63. The van der Waals surface area contributed by atoms with Crippen LogP contribution in [0.4, 0.5) is 0 Å². The van der Waals surface area contributed by atoms with Gasteiger partial charge in [-0.15, -0.1) is 0 Å². The standard InChI is InChI=1S/C18H17NO6/c1-10-6-7-14(24-10)13(20)9-19-17(21)12-8-11-4-3-5-15(23-2)16(11)25-18(12)22/h3-8,13,20H,9H2,1-2H3,(H,19,21)/t13-/m1/s1. The van der Waals surface area contributed by atoms with E-state index in [-0.39, 0.29) is 17.7 Å². The van der Waals surface area contributed by atoms with Gasteiger partial charge in [0, 0.05) is 5.39 Å². The second-order valence-electron chi connectivity index (χ2n) is 5.50. The van der Waals surface area contributed by atoms with E-state index in [2.05, 4.69) is 5.32 Å². The number of amides is 1. The highest BCUT2D eigenvalue weighted by atomic mass is 16.5.